The second-order valence-electron chi connectivity index (χ2n) is 4.81. The number of carbonyl (C=O) groups excluding carboxylic acids is 1. The van der Waals surface area contributed by atoms with Gasteiger partial charge in [0, 0.05) is 24.2 Å². The van der Waals surface area contributed by atoms with Gasteiger partial charge in [-0.05, 0) is 36.5 Å². The summed E-state index contributed by atoms with van der Waals surface area (Å²) in [5, 5.41) is 9.07. The Balaban J connectivity index is 1.89. The molecule has 98 valence electrons. The zero-order valence-electron chi connectivity index (χ0n) is 10.3. The van der Waals surface area contributed by atoms with Crippen molar-refractivity contribution in [2.24, 2.45) is 5.92 Å². The van der Waals surface area contributed by atoms with Crippen LogP contribution in [0.5, 0.6) is 0 Å². The van der Waals surface area contributed by atoms with Crippen molar-refractivity contribution >= 4 is 21.8 Å². The molecule has 1 amide bonds. The van der Waals surface area contributed by atoms with Crippen LogP contribution in [0, 0.1) is 5.92 Å². The minimum absolute atomic E-state index is 0.185. The molecule has 1 aromatic carbocycles. The van der Waals surface area contributed by atoms with Crippen LogP contribution in [0.2, 0.25) is 0 Å². The molecule has 0 saturated carbocycles. The summed E-state index contributed by atoms with van der Waals surface area (Å²) in [5.74, 6) is 0.560. The average molecular weight is 312 g/mol. The van der Waals surface area contributed by atoms with Gasteiger partial charge in [0.15, 0.2) is 0 Å². The van der Waals surface area contributed by atoms with Crippen LogP contribution in [-0.4, -0.2) is 35.6 Å². The van der Waals surface area contributed by atoms with Crippen molar-refractivity contribution in [2.75, 3.05) is 19.7 Å². The Morgan fingerprint density at radius 2 is 2.11 bits per heavy atom. The van der Waals surface area contributed by atoms with Gasteiger partial charge in [0.1, 0.15) is 0 Å². The van der Waals surface area contributed by atoms with E-state index in [1.54, 1.807) is 0 Å². The highest BCUT2D eigenvalue weighted by atomic mass is 79.9. The molecule has 0 aromatic heterocycles. The second-order valence-corrected chi connectivity index (χ2v) is 5.73. The number of nitrogens with zero attached hydrogens (tertiary/aromatic N) is 1. The first kappa shape index (κ1) is 13.6. The standard InChI is InChI=1S/C14H18BrNO2/c15-13-3-1-2-12(8-13)9-14(18)16-6-4-11(10-17)5-7-16/h1-3,8,11,17H,4-7,9-10H2. The summed E-state index contributed by atoms with van der Waals surface area (Å²) in [6.07, 6.45) is 2.30. The van der Waals surface area contributed by atoms with Crippen LogP contribution in [0.3, 0.4) is 0 Å². The Hall–Kier alpha value is -0.870. The van der Waals surface area contributed by atoms with Gasteiger partial charge in [0.2, 0.25) is 5.91 Å². The maximum absolute atomic E-state index is 12.1. The van der Waals surface area contributed by atoms with Gasteiger partial charge in [-0.15, -0.1) is 0 Å². The van der Waals surface area contributed by atoms with Crippen molar-refractivity contribution < 1.29 is 9.90 Å². The number of halogens is 1. The Morgan fingerprint density at radius 1 is 1.39 bits per heavy atom. The Bertz CT molecular complexity index is 414. The van der Waals surface area contributed by atoms with E-state index in [1.807, 2.05) is 29.2 Å². The maximum Gasteiger partial charge on any atom is 0.226 e. The molecule has 0 spiro atoms. The monoisotopic (exact) mass is 311 g/mol. The topological polar surface area (TPSA) is 40.5 Å². The largest absolute Gasteiger partial charge is 0.396 e. The van der Waals surface area contributed by atoms with Gasteiger partial charge in [0.25, 0.3) is 0 Å². The molecule has 0 radical (unpaired) electrons. The number of benzene rings is 1. The van der Waals surface area contributed by atoms with Crippen LogP contribution in [0.4, 0.5) is 0 Å². The predicted molar refractivity (Wildman–Crippen MR) is 74.2 cm³/mol. The summed E-state index contributed by atoms with van der Waals surface area (Å²) in [6.45, 7) is 1.80. The molecule has 0 atom stereocenters. The zero-order valence-corrected chi connectivity index (χ0v) is 11.9. The van der Waals surface area contributed by atoms with Crippen molar-refractivity contribution in [1.82, 2.24) is 4.90 Å². The molecule has 1 aromatic rings. The predicted octanol–water partition coefficient (Wildman–Crippen LogP) is 2.22. The third-order valence-electron chi connectivity index (χ3n) is 3.47. The number of aliphatic hydroxyl groups is 1. The molecule has 18 heavy (non-hydrogen) atoms. The third kappa shape index (κ3) is 3.56. The molecule has 1 N–H and O–H groups in total. The fourth-order valence-corrected chi connectivity index (χ4v) is 2.74. The van der Waals surface area contributed by atoms with Crippen molar-refractivity contribution in [3.8, 4) is 0 Å². The molecule has 0 aliphatic carbocycles. The second kappa shape index (κ2) is 6.34. The Kier molecular flexibility index (Phi) is 4.78. The van der Waals surface area contributed by atoms with Crippen LogP contribution in [0.15, 0.2) is 28.7 Å². The molecule has 1 heterocycles. The fourth-order valence-electron chi connectivity index (χ4n) is 2.30. The van der Waals surface area contributed by atoms with Crippen LogP contribution in [0.25, 0.3) is 0 Å². The van der Waals surface area contributed by atoms with Crippen molar-refractivity contribution in [1.29, 1.82) is 0 Å². The van der Waals surface area contributed by atoms with E-state index in [0.29, 0.717) is 12.3 Å². The summed E-state index contributed by atoms with van der Waals surface area (Å²) in [7, 11) is 0. The molecule has 1 aliphatic rings. The summed E-state index contributed by atoms with van der Waals surface area (Å²) >= 11 is 3.41. The van der Waals surface area contributed by atoms with Gasteiger partial charge in [0.05, 0.1) is 6.42 Å². The van der Waals surface area contributed by atoms with Crippen molar-refractivity contribution in [3.05, 3.63) is 34.3 Å². The number of carbonyl (C=O) groups is 1. The highest BCUT2D eigenvalue weighted by Crippen LogP contribution is 2.18. The van der Waals surface area contributed by atoms with E-state index >= 15 is 0 Å². The minimum Gasteiger partial charge on any atom is -0.396 e. The van der Waals surface area contributed by atoms with E-state index in [4.69, 9.17) is 5.11 Å². The molecule has 2 rings (SSSR count). The Labute approximate surface area is 116 Å². The van der Waals surface area contributed by atoms with E-state index in [9.17, 15) is 4.79 Å². The fraction of sp³-hybridized carbons (Fsp3) is 0.500. The number of aliphatic hydroxyl groups excluding tert-OH is 1. The molecule has 0 unspecified atom stereocenters. The van der Waals surface area contributed by atoms with E-state index in [-0.39, 0.29) is 12.5 Å². The normalized spacial score (nSPS) is 16.9. The van der Waals surface area contributed by atoms with E-state index in [1.165, 1.54) is 0 Å². The minimum atomic E-state index is 0.185. The molecule has 3 nitrogen and oxygen atoms in total. The first-order valence-corrected chi connectivity index (χ1v) is 7.11. The van der Waals surface area contributed by atoms with Crippen LogP contribution in [0.1, 0.15) is 18.4 Å². The first-order valence-electron chi connectivity index (χ1n) is 6.32. The third-order valence-corrected chi connectivity index (χ3v) is 3.96. The van der Waals surface area contributed by atoms with E-state index in [0.717, 1.165) is 36.0 Å². The Morgan fingerprint density at radius 3 is 2.72 bits per heavy atom. The molecule has 4 heteroatoms. The van der Waals surface area contributed by atoms with Crippen LogP contribution >= 0.6 is 15.9 Å². The summed E-state index contributed by atoms with van der Waals surface area (Å²) in [6, 6.07) is 7.87. The van der Waals surface area contributed by atoms with Crippen molar-refractivity contribution in [2.45, 2.75) is 19.3 Å². The average Bonchev–Trinajstić information content (AvgIpc) is 2.39. The van der Waals surface area contributed by atoms with Gasteiger partial charge in [-0.2, -0.15) is 0 Å². The number of amides is 1. The lowest BCUT2D eigenvalue weighted by Gasteiger charge is -2.31. The van der Waals surface area contributed by atoms with Crippen LogP contribution in [-0.2, 0) is 11.2 Å². The number of likely N-dealkylation sites (tertiary alicyclic amines) is 1. The van der Waals surface area contributed by atoms with E-state index < -0.39 is 0 Å². The van der Waals surface area contributed by atoms with Gasteiger partial charge in [-0.1, -0.05) is 28.1 Å². The van der Waals surface area contributed by atoms with Crippen molar-refractivity contribution in [3.63, 3.8) is 0 Å². The summed E-state index contributed by atoms with van der Waals surface area (Å²) in [5.41, 5.74) is 1.04. The zero-order chi connectivity index (χ0) is 13.0. The molecule has 1 saturated heterocycles. The lowest BCUT2D eigenvalue weighted by atomic mass is 9.97. The lowest BCUT2D eigenvalue weighted by molar-refractivity contribution is -0.132. The smallest absolute Gasteiger partial charge is 0.226 e. The molecule has 1 aliphatic heterocycles. The highest BCUT2D eigenvalue weighted by Gasteiger charge is 2.22. The van der Waals surface area contributed by atoms with Gasteiger partial charge >= 0.3 is 0 Å². The quantitative estimate of drug-likeness (QED) is 0.930. The number of rotatable bonds is 3. The van der Waals surface area contributed by atoms with E-state index in [2.05, 4.69) is 15.9 Å². The van der Waals surface area contributed by atoms with Crippen LogP contribution < -0.4 is 0 Å². The highest BCUT2D eigenvalue weighted by molar-refractivity contribution is 9.10. The molecular weight excluding hydrogens is 294 g/mol. The molecule has 0 bridgehead atoms. The number of hydrogen-bond donors (Lipinski definition) is 1. The van der Waals surface area contributed by atoms with Gasteiger partial charge in [-0.3, -0.25) is 4.79 Å². The first-order chi connectivity index (χ1) is 8.69. The lowest BCUT2D eigenvalue weighted by Crippen LogP contribution is -2.40. The number of hydrogen-bond acceptors (Lipinski definition) is 2. The SMILES string of the molecule is O=C(Cc1cccc(Br)c1)N1CCC(CO)CC1. The maximum atomic E-state index is 12.1. The summed E-state index contributed by atoms with van der Waals surface area (Å²) < 4.78 is 1.01. The molecular formula is C14H18BrNO2. The van der Waals surface area contributed by atoms with Gasteiger partial charge < -0.3 is 10.0 Å². The van der Waals surface area contributed by atoms with Gasteiger partial charge in [-0.25, -0.2) is 0 Å². The molecule has 1 fully saturated rings. The number of piperidine rings is 1. The summed E-state index contributed by atoms with van der Waals surface area (Å²) in [4.78, 5) is 14.0.